The zero-order chi connectivity index (χ0) is 22.0. The molecule has 2 aliphatic rings. The molecular formula is C23H39N3O2S. The summed E-state index contributed by atoms with van der Waals surface area (Å²) in [4.78, 5) is 0. The van der Waals surface area contributed by atoms with Gasteiger partial charge in [-0.15, -0.1) is 0 Å². The summed E-state index contributed by atoms with van der Waals surface area (Å²) in [5, 5.41) is 27.9. The van der Waals surface area contributed by atoms with Crippen molar-refractivity contribution in [2.24, 2.45) is 0 Å². The van der Waals surface area contributed by atoms with Crippen LogP contribution >= 0.6 is 12.6 Å². The van der Waals surface area contributed by atoms with Gasteiger partial charge < -0.3 is 15.7 Å². The number of hydrogen-bond acceptors (Lipinski definition) is 6. The molecule has 2 aliphatic heterocycles. The van der Waals surface area contributed by atoms with E-state index in [0.717, 1.165) is 30.5 Å². The lowest BCUT2D eigenvalue weighted by atomic mass is 9.79. The summed E-state index contributed by atoms with van der Waals surface area (Å²) in [6.45, 7) is 17.3. The Hall–Kier alpha value is -0.630. The van der Waals surface area contributed by atoms with Gasteiger partial charge in [-0.2, -0.15) is 22.8 Å². The molecule has 0 radical (unpaired) electrons. The standard InChI is InChI=1S/C23H39N3O2S/c1-20(2)12-16(13-21(3,4)25(20)27)24-14-19(29)15-9-10-17-18(11-15)23(7,8)26(28)22(17,5)6/h9-11,16,19,24,27-29H,12-14H2,1-8H3. The van der Waals surface area contributed by atoms with Gasteiger partial charge in [-0.3, -0.25) is 0 Å². The van der Waals surface area contributed by atoms with Crippen LogP contribution in [0, 0.1) is 0 Å². The summed E-state index contributed by atoms with van der Waals surface area (Å²) in [7, 11) is 0. The maximum Gasteiger partial charge on any atom is 0.0665 e. The van der Waals surface area contributed by atoms with Crippen molar-refractivity contribution in [2.45, 2.75) is 102 Å². The van der Waals surface area contributed by atoms with Crippen LogP contribution in [0.1, 0.15) is 90.2 Å². The van der Waals surface area contributed by atoms with E-state index in [0.29, 0.717) is 6.04 Å². The lowest BCUT2D eigenvalue weighted by Crippen LogP contribution is -2.62. The number of nitrogens with zero attached hydrogens (tertiary/aromatic N) is 2. The van der Waals surface area contributed by atoms with Gasteiger partial charge >= 0.3 is 0 Å². The predicted molar refractivity (Wildman–Crippen MR) is 121 cm³/mol. The van der Waals surface area contributed by atoms with E-state index in [1.807, 2.05) is 0 Å². The lowest BCUT2D eigenvalue weighted by Gasteiger charge is -2.51. The summed E-state index contributed by atoms with van der Waals surface area (Å²) in [5.74, 6) is 0. The van der Waals surface area contributed by atoms with Crippen LogP contribution in [0.4, 0.5) is 0 Å². The fourth-order valence-corrected chi connectivity index (χ4v) is 5.81. The van der Waals surface area contributed by atoms with Crippen molar-refractivity contribution in [3.63, 3.8) is 0 Å². The Morgan fingerprint density at radius 2 is 1.45 bits per heavy atom. The number of hydroxylamine groups is 4. The molecule has 0 amide bonds. The van der Waals surface area contributed by atoms with Crippen LogP contribution in [-0.4, -0.2) is 44.2 Å². The Labute approximate surface area is 181 Å². The molecule has 0 spiro atoms. The minimum absolute atomic E-state index is 0.0605. The second kappa shape index (κ2) is 7.21. The van der Waals surface area contributed by atoms with Crippen LogP contribution in [0.3, 0.4) is 0 Å². The molecule has 5 nitrogen and oxygen atoms in total. The van der Waals surface area contributed by atoms with Crippen molar-refractivity contribution >= 4 is 12.6 Å². The highest BCUT2D eigenvalue weighted by atomic mass is 32.1. The number of piperidine rings is 1. The second-order valence-corrected chi connectivity index (χ2v) is 11.8. The van der Waals surface area contributed by atoms with Crippen molar-refractivity contribution in [1.29, 1.82) is 0 Å². The van der Waals surface area contributed by atoms with Gasteiger partial charge in [-0.25, -0.2) is 0 Å². The first-order chi connectivity index (χ1) is 13.1. The molecule has 1 unspecified atom stereocenters. The van der Waals surface area contributed by atoms with Crippen LogP contribution in [0.2, 0.25) is 0 Å². The molecule has 1 aromatic carbocycles. The molecule has 1 saturated heterocycles. The topological polar surface area (TPSA) is 59.0 Å². The van der Waals surface area contributed by atoms with Crippen LogP contribution in [0.15, 0.2) is 18.2 Å². The molecule has 1 atom stereocenters. The third-order valence-corrected chi connectivity index (χ3v) is 7.52. The summed E-state index contributed by atoms with van der Waals surface area (Å²) in [5.41, 5.74) is 2.13. The van der Waals surface area contributed by atoms with Gasteiger partial charge in [0, 0.05) is 28.9 Å². The molecule has 0 bridgehead atoms. The maximum atomic E-state index is 10.7. The summed E-state index contributed by atoms with van der Waals surface area (Å²) in [6, 6.07) is 6.81. The average Bonchev–Trinajstić information content (AvgIpc) is 2.74. The molecule has 6 heteroatoms. The minimum atomic E-state index is -0.433. The fourth-order valence-electron chi connectivity index (χ4n) is 5.55. The number of hydrogen-bond donors (Lipinski definition) is 4. The first-order valence-corrected chi connectivity index (χ1v) is 11.2. The molecule has 164 valence electrons. The molecule has 0 saturated carbocycles. The van der Waals surface area contributed by atoms with Crippen molar-refractivity contribution in [2.75, 3.05) is 6.54 Å². The van der Waals surface area contributed by atoms with Gasteiger partial charge in [0.2, 0.25) is 0 Å². The Kier molecular flexibility index (Phi) is 5.73. The van der Waals surface area contributed by atoms with E-state index in [4.69, 9.17) is 12.6 Å². The van der Waals surface area contributed by atoms with Crippen LogP contribution in [0.5, 0.6) is 0 Å². The van der Waals surface area contributed by atoms with Crippen molar-refractivity contribution in [1.82, 2.24) is 15.4 Å². The van der Waals surface area contributed by atoms with Crippen LogP contribution in [0.25, 0.3) is 0 Å². The normalized spacial score (nSPS) is 27.0. The number of benzene rings is 1. The zero-order valence-electron chi connectivity index (χ0n) is 19.2. The van der Waals surface area contributed by atoms with E-state index in [9.17, 15) is 10.4 Å². The Morgan fingerprint density at radius 1 is 0.931 bits per heavy atom. The number of nitrogens with one attached hydrogen (secondary N) is 1. The zero-order valence-corrected chi connectivity index (χ0v) is 20.1. The number of rotatable bonds is 4. The van der Waals surface area contributed by atoms with Crippen molar-refractivity contribution in [3.05, 3.63) is 34.9 Å². The highest BCUT2D eigenvalue weighted by Crippen LogP contribution is 2.48. The van der Waals surface area contributed by atoms with Gasteiger partial charge in [-0.1, -0.05) is 18.2 Å². The van der Waals surface area contributed by atoms with Crippen LogP contribution < -0.4 is 5.32 Å². The molecule has 2 heterocycles. The molecule has 1 fully saturated rings. The average molecular weight is 422 g/mol. The van der Waals surface area contributed by atoms with Crippen molar-refractivity contribution < 1.29 is 10.4 Å². The molecule has 29 heavy (non-hydrogen) atoms. The first-order valence-electron chi connectivity index (χ1n) is 10.7. The summed E-state index contributed by atoms with van der Waals surface area (Å²) >= 11 is 4.89. The van der Waals surface area contributed by atoms with Crippen LogP contribution in [-0.2, 0) is 11.1 Å². The molecule has 3 N–H and O–H groups in total. The van der Waals surface area contributed by atoms with Gasteiger partial charge in [0.1, 0.15) is 0 Å². The SMILES string of the molecule is CC1(C)CC(NCC(S)c2ccc3c(c2)C(C)(C)N(O)C3(C)C)CC(C)(C)N1O. The minimum Gasteiger partial charge on any atom is -0.313 e. The van der Waals surface area contributed by atoms with E-state index in [-0.39, 0.29) is 16.3 Å². The lowest BCUT2D eigenvalue weighted by molar-refractivity contribution is -0.246. The highest BCUT2D eigenvalue weighted by Gasteiger charge is 2.49. The molecule has 0 aliphatic carbocycles. The molecule has 1 aromatic rings. The number of fused-ring (bicyclic) bond motifs is 1. The highest BCUT2D eigenvalue weighted by molar-refractivity contribution is 7.80. The summed E-state index contributed by atoms with van der Waals surface area (Å²) < 4.78 is 0. The fraction of sp³-hybridized carbons (Fsp3) is 0.739. The van der Waals surface area contributed by atoms with E-state index in [1.165, 1.54) is 15.7 Å². The number of thiol groups is 1. The third-order valence-electron chi connectivity index (χ3n) is 7.04. The van der Waals surface area contributed by atoms with Gasteiger partial charge in [-0.05, 0) is 84.9 Å². The van der Waals surface area contributed by atoms with Gasteiger partial charge in [0.15, 0.2) is 0 Å². The largest absolute Gasteiger partial charge is 0.313 e. The smallest absolute Gasteiger partial charge is 0.0665 e. The second-order valence-electron chi connectivity index (χ2n) is 11.2. The van der Waals surface area contributed by atoms with E-state index < -0.39 is 11.1 Å². The third kappa shape index (κ3) is 3.88. The Morgan fingerprint density at radius 3 is 2.00 bits per heavy atom. The molecule has 0 aromatic heterocycles. The quantitative estimate of drug-likeness (QED) is 0.525. The molecular weight excluding hydrogens is 382 g/mol. The van der Waals surface area contributed by atoms with Crippen molar-refractivity contribution in [3.8, 4) is 0 Å². The van der Waals surface area contributed by atoms with Gasteiger partial charge in [0.25, 0.3) is 0 Å². The van der Waals surface area contributed by atoms with E-state index >= 15 is 0 Å². The van der Waals surface area contributed by atoms with E-state index in [1.54, 1.807) is 0 Å². The Bertz CT molecular complexity index is 757. The summed E-state index contributed by atoms with van der Waals surface area (Å²) in [6.07, 6.45) is 1.77. The first kappa shape index (κ1) is 23.0. The molecule has 3 rings (SSSR count). The monoisotopic (exact) mass is 421 g/mol. The predicted octanol–water partition coefficient (Wildman–Crippen LogP) is 4.83. The van der Waals surface area contributed by atoms with Gasteiger partial charge in [0.05, 0.1) is 11.1 Å². The van der Waals surface area contributed by atoms with E-state index in [2.05, 4.69) is 78.9 Å². The maximum absolute atomic E-state index is 10.7. The Balaban J connectivity index is 1.73.